The zero-order chi connectivity index (χ0) is 13.9. The monoisotopic (exact) mass is 290 g/mol. The molecule has 0 amide bonds. The van der Waals surface area contributed by atoms with Gasteiger partial charge < -0.3 is 9.84 Å². The molecule has 0 spiro atoms. The van der Waals surface area contributed by atoms with Crippen LogP contribution in [0.1, 0.15) is 22.3 Å². The predicted octanol–water partition coefficient (Wildman–Crippen LogP) is 2.73. The van der Waals surface area contributed by atoms with Gasteiger partial charge in [0.05, 0.1) is 19.3 Å². The van der Waals surface area contributed by atoms with Crippen LogP contribution in [-0.4, -0.2) is 34.7 Å². The van der Waals surface area contributed by atoms with Crippen LogP contribution < -0.4 is 0 Å². The van der Waals surface area contributed by atoms with Gasteiger partial charge >= 0.3 is 0 Å². The van der Waals surface area contributed by atoms with Crippen molar-refractivity contribution in [3.05, 3.63) is 45.9 Å². The highest BCUT2D eigenvalue weighted by Crippen LogP contribution is 2.28. The van der Waals surface area contributed by atoms with Crippen LogP contribution in [0.4, 0.5) is 0 Å². The maximum Gasteiger partial charge on any atom is 0.115 e. The summed E-state index contributed by atoms with van der Waals surface area (Å²) in [6.45, 7) is 5.15. The molecule has 1 saturated heterocycles. The molecular weight excluding hydrogens is 272 g/mol. The lowest BCUT2D eigenvalue weighted by Gasteiger charge is -2.34. The summed E-state index contributed by atoms with van der Waals surface area (Å²) >= 11 is 1.69. The smallest absolute Gasteiger partial charge is 0.115 e. The van der Waals surface area contributed by atoms with Crippen LogP contribution in [0.5, 0.6) is 5.75 Å². The van der Waals surface area contributed by atoms with Gasteiger partial charge in [0.2, 0.25) is 0 Å². The van der Waals surface area contributed by atoms with E-state index in [1.54, 1.807) is 17.4 Å². The topological polar surface area (TPSA) is 45.6 Å². The number of hydrogen-bond acceptors (Lipinski definition) is 5. The van der Waals surface area contributed by atoms with E-state index in [0.29, 0.717) is 12.4 Å². The molecule has 2 heterocycles. The summed E-state index contributed by atoms with van der Waals surface area (Å²) in [5.74, 6) is 0.317. The predicted molar refractivity (Wildman–Crippen MR) is 78.9 cm³/mol. The largest absolute Gasteiger partial charge is 0.508 e. The Morgan fingerprint density at radius 1 is 1.50 bits per heavy atom. The van der Waals surface area contributed by atoms with Gasteiger partial charge in [-0.2, -0.15) is 0 Å². The molecule has 1 aliphatic rings. The van der Waals surface area contributed by atoms with Crippen molar-refractivity contribution >= 4 is 11.3 Å². The number of thiazole rings is 1. The fourth-order valence-electron chi connectivity index (χ4n) is 2.47. The van der Waals surface area contributed by atoms with Crippen molar-refractivity contribution in [2.75, 3.05) is 19.8 Å². The van der Waals surface area contributed by atoms with E-state index in [0.717, 1.165) is 36.0 Å². The molecule has 1 fully saturated rings. The number of benzene rings is 1. The van der Waals surface area contributed by atoms with Crippen molar-refractivity contribution in [3.63, 3.8) is 0 Å². The third-order valence-electron chi connectivity index (χ3n) is 3.46. The van der Waals surface area contributed by atoms with Crippen LogP contribution in [0.15, 0.2) is 29.6 Å². The second kappa shape index (κ2) is 5.91. The quantitative estimate of drug-likeness (QED) is 0.944. The Hall–Kier alpha value is -1.43. The van der Waals surface area contributed by atoms with Gasteiger partial charge in [-0.3, -0.25) is 4.90 Å². The molecule has 0 radical (unpaired) electrons. The van der Waals surface area contributed by atoms with Gasteiger partial charge in [0.25, 0.3) is 0 Å². The highest BCUT2D eigenvalue weighted by molar-refractivity contribution is 7.09. The number of phenols is 1. The van der Waals surface area contributed by atoms with Crippen LogP contribution in [0.2, 0.25) is 0 Å². The summed E-state index contributed by atoms with van der Waals surface area (Å²) in [6.07, 6.45) is 0. The number of hydrogen-bond donors (Lipinski definition) is 1. The van der Waals surface area contributed by atoms with Crippen molar-refractivity contribution in [3.8, 4) is 5.75 Å². The van der Waals surface area contributed by atoms with Gasteiger partial charge in [-0.25, -0.2) is 4.98 Å². The number of nitrogens with zero attached hydrogens (tertiary/aromatic N) is 2. The number of aromatic hydroxyl groups is 1. The summed E-state index contributed by atoms with van der Waals surface area (Å²) in [4.78, 5) is 6.96. The molecule has 2 aromatic rings. The number of morpholine rings is 1. The van der Waals surface area contributed by atoms with Gasteiger partial charge in [0, 0.05) is 24.2 Å². The normalized spacial score (nSPS) is 20.1. The van der Waals surface area contributed by atoms with Gasteiger partial charge in [0.15, 0.2) is 0 Å². The average Bonchev–Trinajstić information content (AvgIpc) is 2.86. The van der Waals surface area contributed by atoms with E-state index < -0.39 is 0 Å². The van der Waals surface area contributed by atoms with Gasteiger partial charge in [-0.15, -0.1) is 11.3 Å². The minimum absolute atomic E-state index is 0.213. The van der Waals surface area contributed by atoms with E-state index in [2.05, 4.69) is 15.3 Å². The first-order valence-corrected chi connectivity index (χ1v) is 7.62. The molecule has 5 heteroatoms. The van der Waals surface area contributed by atoms with Crippen LogP contribution in [-0.2, 0) is 11.3 Å². The number of aromatic nitrogens is 1. The van der Waals surface area contributed by atoms with Crippen molar-refractivity contribution in [1.29, 1.82) is 0 Å². The van der Waals surface area contributed by atoms with Crippen LogP contribution in [0.3, 0.4) is 0 Å². The number of rotatable bonds is 3. The van der Waals surface area contributed by atoms with Crippen LogP contribution >= 0.6 is 11.3 Å². The molecule has 0 saturated carbocycles. The molecule has 0 aliphatic carbocycles. The summed E-state index contributed by atoms with van der Waals surface area (Å²) < 4.78 is 5.61. The summed E-state index contributed by atoms with van der Waals surface area (Å²) in [6, 6.07) is 7.65. The Kier molecular flexibility index (Phi) is 4.00. The zero-order valence-electron chi connectivity index (χ0n) is 11.5. The molecule has 1 aromatic carbocycles. The Balaban J connectivity index is 1.79. The molecule has 1 aromatic heterocycles. The van der Waals surface area contributed by atoms with Crippen LogP contribution in [0.25, 0.3) is 0 Å². The zero-order valence-corrected chi connectivity index (χ0v) is 12.3. The maximum absolute atomic E-state index is 9.58. The standard InChI is InChI=1S/C15H18N2O2S/c1-11-10-20-15(16-11)14-9-19-6-5-17(14)8-12-3-2-4-13(18)7-12/h2-4,7,10,14,18H,5-6,8-9H2,1H3/t14-/m1/s1. The second-order valence-corrected chi connectivity index (χ2v) is 5.95. The van der Waals surface area contributed by atoms with E-state index >= 15 is 0 Å². The first-order valence-electron chi connectivity index (χ1n) is 6.74. The lowest BCUT2D eigenvalue weighted by Crippen LogP contribution is -2.38. The molecule has 1 N–H and O–H groups in total. The molecule has 1 aliphatic heterocycles. The molecule has 0 unspecified atom stereocenters. The average molecular weight is 290 g/mol. The maximum atomic E-state index is 9.58. The molecule has 106 valence electrons. The molecule has 4 nitrogen and oxygen atoms in total. The first-order chi connectivity index (χ1) is 9.72. The minimum Gasteiger partial charge on any atom is -0.508 e. The van der Waals surface area contributed by atoms with Gasteiger partial charge in [-0.05, 0) is 24.6 Å². The Labute approximate surface area is 122 Å². The van der Waals surface area contributed by atoms with E-state index in [-0.39, 0.29) is 6.04 Å². The Morgan fingerprint density at radius 3 is 3.15 bits per heavy atom. The van der Waals surface area contributed by atoms with E-state index in [1.165, 1.54) is 0 Å². The number of ether oxygens (including phenoxy) is 1. The van der Waals surface area contributed by atoms with Crippen molar-refractivity contribution in [2.24, 2.45) is 0 Å². The Morgan fingerprint density at radius 2 is 2.40 bits per heavy atom. The SMILES string of the molecule is Cc1csc([C@H]2COCCN2Cc2cccc(O)c2)n1. The van der Waals surface area contributed by atoms with E-state index in [1.807, 2.05) is 25.1 Å². The molecule has 0 bridgehead atoms. The summed E-state index contributed by atoms with van der Waals surface area (Å²) in [5.41, 5.74) is 2.18. The first kappa shape index (κ1) is 13.5. The van der Waals surface area contributed by atoms with Crippen molar-refractivity contribution < 1.29 is 9.84 Å². The summed E-state index contributed by atoms with van der Waals surface area (Å²) in [5, 5.41) is 12.8. The van der Waals surface area contributed by atoms with Gasteiger partial charge in [0.1, 0.15) is 10.8 Å². The third-order valence-corrected chi connectivity index (χ3v) is 4.52. The summed E-state index contributed by atoms with van der Waals surface area (Å²) in [7, 11) is 0. The minimum atomic E-state index is 0.213. The second-order valence-electron chi connectivity index (χ2n) is 5.06. The third kappa shape index (κ3) is 3.00. The fraction of sp³-hybridized carbons (Fsp3) is 0.400. The van der Waals surface area contributed by atoms with Gasteiger partial charge in [-0.1, -0.05) is 12.1 Å². The lowest BCUT2D eigenvalue weighted by molar-refractivity contribution is -0.0128. The molecule has 1 atom stereocenters. The molecule has 3 rings (SSSR count). The van der Waals surface area contributed by atoms with Crippen LogP contribution in [0, 0.1) is 6.92 Å². The lowest BCUT2D eigenvalue weighted by atomic mass is 10.1. The number of aryl methyl sites for hydroxylation is 1. The molecule has 20 heavy (non-hydrogen) atoms. The highest BCUT2D eigenvalue weighted by Gasteiger charge is 2.26. The van der Waals surface area contributed by atoms with E-state index in [4.69, 9.17) is 4.74 Å². The van der Waals surface area contributed by atoms with E-state index in [9.17, 15) is 5.11 Å². The Bertz CT molecular complexity index is 585. The van der Waals surface area contributed by atoms with Crippen molar-refractivity contribution in [1.82, 2.24) is 9.88 Å². The molecular formula is C15H18N2O2S. The number of phenolic OH excluding ortho intramolecular Hbond substituents is 1. The highest BCUT2D eigenvalue weighted by atomic mass is 32.1. The fourth-order valence-corrected chi connectivity index (χ4v) is 3.38. The van der Waals surface area contributed by atoms with Crippen molar-refractivity contribution in [2.45, 2.75) is 19.5 Å².